The Morgan fingerprint density at radius 1 is 1.12 bits per heavy atom. The molecule has 0 unspecified atom stereocenters. The molecule has 2 amide bonds. The molecule has 1 fully saturated rings. The number of carbonyl (C=O) groups excluding carboxylic acids is 2. The zero-order valence-electron chi connectivity index (χ0n) is 18.6. The number of rotatable bonds is 8. The van der Waals surface area contributed by atoms with Gasteiger partial charge in [0.15, 0.2) is 0 Å². The van der Waals surface area contributed by atoms with Gasteiger partial charge in [-0.15, -0.1) is 0 Å². The van der Waals surface area contributed by atoms with Crippen molar-refractivity contribution in [2.75, 3.05) is 32.8 Å². The Morgan fingerprint density at radius 3 is 2.58 bits per heavy atom. The van der Waals surface area contributed by atoms with E-state index in [1.54, 1.807) is 12.1 Å². The maximum Gasteiger partial charge on any atom is 0.242 e. The van der Waals surface area contributed by atoms with E-state index in [2.05, 4.69) is 20.5 Å². The first-order valence-electron chi connectivity index (χ1n) is 11.2. The van der Waals surface area contributed by atoms with Crippen LogP contribution in [0.5, 0.6) is 0 Å². The number of nitrogens with zero attached hydrogens (tertiary/aromatic N) is 1. The predicted molar refractivity (Wildman–Crippen MR) is 124 cm³/mol. The maximum absolute atomic E-state index is 13.5. The second-order valence-electron chi connectivity index (χ2n) is 8.28. The van der Waals surface area contributed by atoms with E-state index in [4.69, 9.17) is 4.74 Å². The Hall–Kier alpha value is -3.23. The molecule has 33 heavy (non-hydrogen) atoms. The Bertz CT molecular complexity index is 1090. The Morgan fingerprint density at radius 2 is 1.85 bits per heavy atom. The van der Waals surface area contributed by atoms with Crippen LogP contribution in [-0.4, -0.2) is 60.6 Å². The van der Waals surface area contributed by atoms with E-state index in [1.165, 1.54) is 19.1 Å². The summed E-state index contributed by atoms with van der Waals surface area (Å²) in [6.07, 6.45) is 2.25. The SMILES string of the molecule is CC(=O)N[C@H](Cc1c[nH]c2ccccc12)C(=O)NC[C@H](c1ccc(F)cc1)N1CCOCC1. The average molecular weight is 453 g/mol. The quantitative estimate of drug-likeness (QED) is 0.490. The predicted octanol–water partition coefficient (Wildman–Crippen LogP) is 2.54. The molecule has 3 aromatic rings. The van der Waals surface area contributed by atoms with Crippen LogP contribution in [0.2, 0.25) is 0 Å². The summed E-state index contributed by atoms with van der Waals surface area (Å²) < 4.78 is 18.9. The molecule has 174 valence electrons. The van der Waals surface area contributed by atoms with Crippen LogP contribution >= 0.6 is 0 Å². The highest BCUT2D eigenvalue weighted by Crippen LogP contribution is 2.22. The molecule has 4 rings (SSSR count). The summed E-state index contributed by atoms with van der Waals surface area (Å²) in [6.45, 7) is 4.42. The van der Waals surface area contributed by atoms with Crippen molar-refractivity contribution in [1.29, 1.82) is 0 Å². The summed E-state index contributed by atoms with van der Waals surface area (Å²) in [7, 11) is 0. The van der Waals surface area contributed by atoms with E-state index in [9.17, 15) is 14.0 Å². The molecule has 0 spiro atoms. The van der Waals surface area contributed by atoms with Gasteiger partial charge in [-0.25, -0.2) is 4.39 Å². The summed E-state index contributed by atoms with van der Waals surface area (Å²) in [5.41, 5.74) is 2.87. The van der Waals surface area contributed by atoms with Crippen LogP contribution in [0.1, 0.15) is 24.1 Å². The molecular formula is C25H29FN4O3. The molecule has 3 N–H and O–H groups in total. The number of morpholine rings is 1. The number of benzene rings is 2. The molecule has 1 aliphatic heterocycles. The lowest BCUT2D eigenvalue weighted by Crippen LogP contribution is -2.50. The number of aromatic amines is 1. The molecule has 8 heteroatoms. The van der Waals surface area contributed by atoms with Gasteiger partial charge in [0, 0.05) is 50.1 Å². The molecule has 0 bridgehead atoms. The minimum absolute atomic E-state index is 0.121. The number of amides is 2. The van der Waals surface area contributed by atoms with E-state index in [0.29, 0.717) is 26.2 Å². The standard InChI is InChI=1S/C25H29FN4O3/c1-17(31)29-23(14-19-15-27-22-5-3-2-4-21(19)22)25(32)28-16-24(30-10-12-33-13-11-30)18-6-8-20(26)9-7-18/h2-9,15,23-24,27H,10-14,16H2,1H3,(H,28,32)(H,29,31)/t23-,24-/m1/s1. The fourth-order valence-corrected chi connectivity index (χ4v) is 4.33. The largest absolute Gasteiger partial charge is 0.379 e. The van der Waals surface area contributed by atoms with Crippen LogP contribution in [-0.2, 0) is 20.7 Å². The van der Waals surface area contributed by atoms with Gasteiger partial charge in [0.2, 0.25) is 11.8 Å². The van der Waals surface area contributed by atoms with Gasteiger partial charge in [0.05, 0.1) is 19.3 Å². The Kier molecular flexibility index (Phi) is 7.36. The first-order chi connectivity index (χ1) is 16.0. The van der Waals surface area contributed by atoms with Crippen LogP contribution in [0.15, 0.2) is 54.7 Å². The summed E-state index contributed by atoms with van der Waals surface area (Å²) in [5, 5.41) is 6.83. The van der Waals surface area contributed by atoms with E-state index >= 15 is 0 Å². The number of nitrogens with one attached hydrogen (secondary N) is 3. The Labute approximate surface area is 192 Å². The fraction of sp³-hybridized carbons (Fsp3) is 0.360. The number of para-hydroxylation sites is 1. The highest BCUT2D eigenvalue weighted by molar-refractivity contribution is 5.89. The van der Waals surface area contributed by atoms with Crippen molar-refractivity contribution in [3.05, 3.63) is 71.7 Å². The van der Waals surface area contributed by atoms with Gasteiger partial charge >= 0.3 is 0 Å². The monoisotopic (exact) mass is 452 g/mol. The molecule has 1 aliphatic rings. The van der Waals surface area contributed by atoms with Crippen molar-refractivity contribution in [3.63, 3.8) is 0 Å². The van der Waals surface area contributed by atoms with Crippen LogP contribution in [0.3, 0.4) is 0 Å². The van der Waals surface area contributed by atoms with Crippen molar-refractivity contribution in [3.8, 4) is 0 Å². The molecule has 2 atom stereocenters. The van der Waals surface area contributed by atoms with Crippen molar-refractivity contribution in [2.45, 2.75) is 25.4 Å². The second-order valence-corrected chi connectivity index (χ2v) is 8.28. The number of aromatic nitrogens is 1. The van der Waals surface area contributed by atoms with Crippen LogP contribution in [0, 0.1) is 5.82 Å². The third-order valence-electron chi connectivity index (χ3n) is 6.00. The van der Waals surface area contributed by atoms with E-state index in [1.807, 2.05) is 30.5 Å². The van der Waals surface area contributed by atoms with Gasteiger partial charge in [-0.05, 0) is 29.3 Å². The lowest BCUT2D eigenvalue weighted by atomic mass is 10.0. The topological polar surface area (TPSA) is 86.5 Å². The van der Waals surface area contributed by atoms with Crippen molar-refractivity contribution in [1.82, 2.24) is 20.5 Å². The lowest BCUT2D eigenvalue weighted by Gasteiger charge is -2.35. The number of hydrogen-bond donors (Lipinski definition) is 3. The molecular weight excluding hydrogens is 423 g/mol. The number of carbonyl (C=O) groups is 2. The number of ether oxygens (including phenoxy) is 1. The molecule has 7 nitrogen and oxygen atoms in total. The summed E-state index contributed by atoms with van der Waals surface area (Å²) in [5.74, 6) is -0.818. The highest BCUT2D eigenvalue weighted by Gasteiger charge is 2.26. The zero-order valence-corrected chi connectivity index (χ0v) is 18.6. The lowest BCUT2D eigenvalue weighted by molar-refractivity contribution is -0.128. The number of fused-ring (bicyclic) bond motifs is 1. The van der Waals surface area contributed by atoms with Crippen LogP contribution in [0.4, 0.5) is 4.39 Å². The summed E-state index contributed by atoms with van der Waals surface area (Å²) >= 11 is 0. The molecule has 2 heterocycles. The van der Waals surface area contributed by atoms with Crippen LogP contribution in [0.25, 0.3) is 10.9 Å². The molecule has 1 saturated heterocycles. The molecule has 2 aromatic carbocycles. The smallest absolute Gasteiger partial charge is 0.242 e. The van der Waals surface area contributed by atoms with Gasteiger partial charge < -0.3 is 20.4 Å². The van der Waals surface area contributed by atoms with E-state index in [0.717, 1.165) is 35.1 Å². The van der Waals surface area contributed by atoms with Gasteiger partial charge in [0.25, 0.3) is 0 Å². The highest BCUT2D eigenvalue weighted by atomic mass is 19.1. The van der Waals surface area contributed by atoms with Gasteiger partial charge in [-0.3, -0.25) is 14.5 Å². The van der Waals surface area contributed by atoms with Crippen molar-refractivity contribution < 1.29 is 18.7 Å². The third-order valence-corrected chi connectivity index (χ3v) is 6.00. The normalized spacial score (nSPS) is 16.3. The number of H-pyrrole nitrogens is 1. The minimum Gasteiger partial charge on any atom is -0.379 e. The molecule has 1 aromatic heterocycles. The summed E-state index contributed by atoms with van der Waals surface area (Å²) in [4.78, 5) is 30.4. The average Bonchev–Trinajstić information content (AvgIpc) is 3.23. The maximum atomic E-state index is 13.5. The van der Waals surface area contributed by atoms with Gasteiger partial charge in [-0.2, -0.15) is 0 Å². The number of halogens is 1. The van der Waals surface area contributed by atoms with E-state index < -0.39 is 6.04 Å². The molecule has 0 radical (unpaired) electrons. The minimum atomic E-state index is -0.708. The first kappa shape index (κ1) is 22.9. The first-order valence-corrected chi connectivity index (χ1v) is 11.2. The van der Waals surface area contributed by atoms with E-state index in [-0.39, 0.29) is 23.7 Å². The zero-order chi connectivity index (χ0) is 23.2. The van der Waals surface area contributed by atoms with Crippen LogP contribution < -0.4 is 10.6 Å². The summed E-state index contributed by atoms with van der Waals surface area (Å²) in [6, 6.07) is 13.4. The molecule has 0 aliphatic carbocycles. The van der Waals surface area contributed by atoms with Gasteiger partial charge in [0.1, 0.15) is 11.9 Å². The third kappa shape index (κ3) is 5.77. The fourth-order valence-electron chi connectivity index (χ4n) is 4.33. The molecule has 0 saturated carbocycles. The van der Waals surface area contributed by atoms with Crippen molar-refractivity contribution >= 4 is 22.7 Å². The van der Waals surface area contributed by atoms with Crippen molar-refractivity contribution in [2.24, 2.45) is 0 Å². The number of hydrogen-bond acceptors (Lipinski definition) is 4. The second kappa shape index (κ2) is 10.6. The van der Waals surface area contributed by atoms with Gasteiger partial charge in [-0.1, -0.05) is 30.3 Å². The Balaban J connectivity index is 1.49.